The fourth-order valence-corrected chi connectivity index (χ4v) is 1.84. The summed E-state index contributed by atoms with van der Waals surface area (Å²) in [5.74, 6) is 0.269. The number of hydrogen-bond acceptors (Lipinski definition) is 6. The van der Waals surface area contributed by atoms with Crippen molar-refractivity contribution in [3.63, 3.8) is 0 Å². The maximum atomic E-state index is 11.7. The molecule has 7 heteroatoms. The van der Waals surface area contributed by atoms with Crippen LogP contribution in [0, 0.1) is 0 Å². The Morgan fingerprint density at radius 3 is 2.76 bits per heavy atom. The predicted octanol–water partition coefficient (Wildman–Crippen LogP) is 0.992. The lowest BCUT2D eigenvalue weighted by atomic mass is 10.3. The van der Waals surface area contributed by atoms with Crippen molar-refractivity contribution in [2.75, 3.05) is 13.2 Å². The largest absolute Gasteiger partial charge is 0.492 e. The summed E-state index contributed by atoms with van der Waals surface area (Å²) in [4.78, 5) is 11.7. The summed E-state index contributed by atoms with van der Waals surface area (Å²) in [6.07, 6.45) is 0. The second-order valence-corrected chi connectivity index (χ2v) is 4.19. The highest BCUT2D eigenvalue weighted by Crippen LogP contribution is 2.10. The number of hydrogen-bond donors (Lipinski definition) is 1. The maximum absolute atomic E-state index is 11.7. The zero-order valence-corrected chi connectivity index (χ0v) is 11.9. The molecule has 0 atom stereocenters. The number of rotatable bonds is 7. The van der Waals surface area contributed by atoms with Crippen LogP contribution in [0.5, 0.6) is 5.75 Å². The van der Waals surface area contributed by atoms with Crippen molar-refractivity contribution in [1.29, 1.82) is 0 Å². The Bertz CT molecular complexity index is 583. The number of aromatic nitrogens is 3. The summed E-state index contributed by atoms with van der Waals surface area (Å²) in [5, 5.41) is 7.76. The molecule has 112 valence electrons. The Morgan fingerprint density at radius 1 is 1.33 bits per heavy atom. The van der Waals surface area contributed by atoms with Gasteiger partial charge >= 0.3 is 5.97 Å². The summed E-state index contributed by atoms with van der Waals surface area (Å²) in [5.41, 5.74) is 6.38. The first kappa shape index (κ1) is 15.0. The Morgan fingerprint density at radius 2 is 2.10 bits per heavy atom. The van der Waals surface area contributed by atoms with Crippen LogP contribution < -0.4 is 10.5 Å². The Balaban J connectivity index is 1.98. The van der Waals surface area contributed by atoms with E-state index in [1.165, 1.54) is 0 Å². The lowest BCUT2D eigenvalue weighted by molar-refractivity contribution is 0.0518. The molecule has 1 aromatic heterocycles. The van der Waals surface area contributed by atoms with E-state index in [2.05, 4.69) is 10.3 Å². The van der Waals surface area contributed by atoms with Gasteiger partial charge in [-0.2, -0.15) is 0 Å². The summed E-state index contributed by atoms with van der Waals surface area (Å²) in [6.45, 7) is 3.04. The van der Waals surface area contributed by atoms with Gasteiger partial charge in [-0.1, -0.05) is 23.4 Å². The summed E-state index contributed by atoms with van der Waals surface area (Å²) in [7, 11) is 0. The van der Waals surface area contributed by atoms with Crippen LogP contribution in [-0.2, 0) is 17.8 Å². The molecule has 0 aliphatic carbocycles. The van der Waals surface area contributed by atoms with Crippen LogP contribution in [0.1, 0.15) is 23.1 Å². The highest BCUT2D eigenvalue weighted by molar-refractivity contribution is 5.88. The number of ether oxygens (including phenoxy) is 2. The molecule has 0 unspecified atom stereocenters. The molecular formula is C14H18N4O3. The third-order valence-corrected chi connectivity index (χ3v) is 2.81. The molecule has 0 fully saturated rings. The first-order valence-corrected chi connectivity index (χ1v) is 6.73. The molecule has 0 saturated heterocycles. The van der Waals surface area contributed by atoms with Crippen molar-refractivity contribution < 1.29 is 14.3 Å². The van der Waals surface area contributed by atoms with E-state index < -0.39 is 5.97 Å². The molecule has 1 aromatic carbocycles. The van der Waals surface area contributed by atoms with E-state index in [0.29, 0.717) is 18.8 Å². The zero-order chi connectivity index (χ0) is 15.1. The SMILES string of the molecule is CCOC(=O)c1nnn(CCOc2ccccc2)c1CN. The van der Waals surface area contributed by atoms with Gasteiger partial charge in [-0.25, -0.2) is 9.48 Å². The first-order chi connectivity index (χ1) is 10.3. The lowest BCUT2D eigenvalue weighted by Crippen LogP contribution is -2.17. The van der Waals surface area contributed by atoms with E-state index in [1.54, 1.807) is 11.6 Å². The second kappa shape index (κ2) is 7.39. The Hall–Kier alpha value is -2.41. The quantitative estimate of drug-likeness (QED) is 0.765. The number of nitrogens with zero attached hydrogens (tertiary/aromatic N) is 3. The van der Waals surface area contributed by atoms with Crippen LogP contribution in [0.2, 0.25) is 0 Å². The molecule has 0 amide bonds. The summed E-state index contributed by atoms with van der Waals surface area (Å²) in [6, 6.07) is 9.46. The molecule has 0 spiro atoms. The topological polar surface area (TPSA) is 92.3 Å². The fraction of sp³-hybridized carbons (Fsp3) is 0.357. The van der Waals surface area contributed by atoms with Gasteiger partial charge in [-0.3, -0.25) is 0 Å². The van der Waals surface area contributed by atoms with Gasteiger partial charge in [0.05, 0.1) is 18.8 Å². The molecule has 1 heterocycles. The minimum absolute atomic E-state index is 0.159. The maximum Gasteiger partial charge on any atom is 0.360 e. The third kappa shape index (κ3) is 3.79. The monoisotopic (exact) mass is 290 g/mol. The molecule has 2 N–H and O–H groups in total. The van der Waals surface area contributed by atoms with E-state index in [4.69, 9.17) is 15.2 Å². The molecule has 0 bridgehead atoms. The van der Waals surface area contributed by atoms with Gasteiger partial charge in [0.2, 0.25) is 0 Å². The molecule has 0 saturated carbocycles. The molecule has 0 radical (unpaired) electrons. The van der Waals surface area contributed by atoms with Crippen molar-refractivity contribution in [2.45, 2.75) is 20.0 Å². The summed E-state index contributed by atoms with van der Waals surface area (Å²) >= 11 is 0. The van der Waals surface area contributed by atoms with Gasteiger partial charge in [0, 0.05) is 6.54 Å². The van der Waals surface area contributed by atoms with Crippen LogP contribution in [0.25, 0.3) is 0 Å². The smallest absolute Gasteiger partial charge is 0.360 e. The van der Waals surface area contributed by atoms with E-state index in [9.17, 15) is 4.79 Å². The van der Waals surface area contributed by atoms with Crippen LogP contribution in [-0.4, -0.2) is 34.2 Å². The van der Waals surface area contributed by atoms with Gasteiger partial charge in [-0.05, 0) is 19.1 Å². The van der Waals surface area contributed by atoms with E-state index in [0.717, 1.165) is 5.75 Å². The number of para-hydroxylation sites is 1. The van der Waals surface area contributed by atoms with Crippen LogP contribution >= 0.6 is 0 Å². The molecule has 0 aliphatic rings. The standard InChI is InChI=1S/C14H18N4O3/c1-2-20-14(19)13-12(10-15)18(17-16-13)8-9-21-11-6-4-3-5-7-11/h3-7H,2,8-10,15H2,1H3. The number of esters is 1. The molecule has 7 nitrogen and oxygen atoms in total. The molecular weight excluding hydrogens is 272 g/mol. The minimum Gasteiger partial charge on any atom is -0.492 e. The van der Waals surface area contributed by atoms with E-state index >= 15 is 0 Å². The highest BCUT2D eigenvalue weighted by atomic mass is 16.5. The lowest BCUT2D eigenvalue weighted by Gasteiger charge is -2.08. The Labute approximate surface area is 122 Å². The van der Waals surface area contributed by atoms with Crippen molar-refractivity contribution in [1.82, 2.24) is 15.0 Å². The van der Waals surface area contributed by atoms with Crippen molar-refractivity contribution in [3.8, 4) is 5.75 Å². The van der Waals surface area contributed by atoms with E-state index in [-0.39, 0.29) is 18.8 Å². The van der Waals surface area contributed by atoms with Gasteiger partial charge in [0.25, 0.3) is 0 Å². The average molecular weight is 290 g/mol. The van der Waals surface area contributed by atoms with E-state index in [1.807, 2.05) is 30.3 Å². The minimum atomic E-state index is -0.506. The van der Waals surface area contributed by atoms with Crippen LogP contribution in [0.3, 0.4) is 0 Å². The number of carbonyl (C=O) groups is 1. The van der Waals surface area contributed by atoms with Gasteiger partial charge < -0.3 is 15.2 Å². The van der Waals surface area contributed by atoms with Crippen LogP contribution in [0.4, 0.5) is 0 Å². The van der Waals surface area contributed by atoms with Gasteiger partial charge in [0.1, 0.15) is 12.4 Å². The first-order valence-electron chi connectivity index (χ1n) is 6.73. The molecule has 21 heavy (non-hydrogen) atoms. The van der Waals surface area contributed by atoms with Crippen LogP contribution in [0.15, 0.2) is 30.3 Å². The normalized spacial score (nSPS) is 10.4. The predicted molar refractivity (Wildman–Crippen MR) is 75.8 cm³/mol. The zero-order valence-electron chi connectivity index (χ0n) is 11.9. The van der Waals surface area contributed by atoms with Gasteiger partial charge in [0.15, 0.2) is 5.69 Å². The van der Waals surface area contributed by atoms with Crippen molar-refractivity contribution in [2.24, 2.45) is 5.73 Å². The second-order valence-electron chi connectivity index (χ2n) is 4.19. The Kier molecular flexibility index (Phi) is 5.28. The number of nitrogens with two attached hydrogens (primary N) is 1. The molecule has 2 aromatic rings. The number of carbonyl (C=O) groups excluding carboxylic acids is 1. The van der Waals surface area contributed by atoms with Crippen molar-refractivity contribution in [3.05, 3.63) is 41.7 Å². The molecule has 2 rings (SSSR count). The average Bonchev–Trinajstić information content (AvgIpc) is 2.91. The van der Waals surface area contributed by atoms with Crippen molar-refractivity contribution >= 4 is 5.97 Å². The molecule has 0 aliphatic heterocycles. The third-order valence-electron chi connectivity index (χ3n) is 2.81. The fourth-order valence-electron chi connectivity index (χ4n) is 1.84. The highest BCUT2D eigenvalue weighted by Gasteiger charge is 2.19. The summed E-state index contributed by atoms with van der Waals surface area (Å²) < 4.78 is 12.1. The van der Waals surface area contributed by atoms with Gasteiger partial charge in [-0.15, -0.1) is 5.10 Å². The number of benzene rings is 1.